The van der Waals surface area contributed by atoms with Crippen LogP contribution in [0.1, 0.15) is 0 Å². The van der Waals surface area contributed by atoms with Gasteiger partial charge in [0.1, 0.15) is 16.7 Å². The summed E-state index contributed by atoms with van der Waals surface area (Å²) < 4.78 is 15.2. The number of aromatic nitrogens is 1. The summed E-state index contributed by atoms with van der Waals surface area (Å²) in [5, 5.41) is 6.95. The van der Waals surface area contributed by atoms with Gasteiger partial charge in [-0.05, 0) is 95.1 Å². The zero-order valence-electron chi connectivity index (χ0n) is 31.3. The molecule has 0 radical (unpaired) electrons. The number of benzene rings is 9. The van der Waals surface area contributed by atoms with E-state index in [0.717, 1.165) is 83.3 Å². The second kappa shape index (κ2) is 12.9. The van der Waals surface area contributed by atoms with E-state index >= 15 is 0 Å². The van der Waals surface area contributed by atoms with Gasteiger partial charge >= 0.3 is 0 Å². The molecular formula is C54H34N2O2. The summed E-state index contributed by atoms with van der Waals surface area (Å²) in [5.41, 5.74) is 14.8. The first-order chi connectivity index (χ1) is 28.8. The van der Waals surface area contributed by atoms with Crippen molar-refractivity contribution < 1.29 is 8.83 Å². The van der Waals surface area contributed by atoms with Gasteiger partial charge in [0.05, 0.1) is 16.7 Å². The molecule has 0 spiro atoms. The largest absolute Gasteiger partial charge is 0.456 e. The van der Waals surface area contributed by atoms with Crippen molar-refractivity contribution in [2.45, 2.75) is 0 Å². The van der Waals surface area contributed by atoms with Gasteiger partial charge in [0.2, 0.25) is 0 Å². The number of hydrogen-bond donors (Lipinski definition) is 0. The van der Waals surface area contributed by atoms with E-state index in [1.807, 2.05) is 24.3 Å². The Hall–Kier alpha value is -7.82. The lowest BCUT2D eigenvalue weighted by Crippen LogP contribution is -2.10. The van der Waals surface area contributed by atoms with Crippen molar-refractivity contribution in [1.82, 2.24) is 4.57 Å². The van der Waals surface area contributed by atoms with Crippen molar-refractivity contribution >= 4 is 82.7 Å². The molecule has 0 aliphatic heterocycles. The van der Waals surface area contributed by atoms with Crippen LogP contribution in [0.3, 0.4) is 0 Å². The number of fused-ring (bicyclic) bond motifs is 10. The second-order valence-corrected chi connectivity index (χ2v) is 14.9. The molecule has 3 aromatic heterocycles. The van der Waals surface area contributed by atoms with Gasteiger partial charge < -0.3 is 18.3 Å². The molecule has 12 rings (SSSR count). The Bertz CT molecular complexity index is 3480. The molecule has 9 aromatic carbocycles. The van der Waals surface area contributed by atoms with Gasteiger partial charge in [-0.2, -0.15) is 0 Å². The van der Waals surface area contributed by atoms with Gasteiger partial charge in [0.15, 0.2) is 5.58 Å². The zero-order valence-corrected chi connectivity index (χ0v) is 31.3. The molecule has 0 amide bonds. The van der Waals surface area contributed by atoms with Crippen molar-refractivity contribution in [3.63, 3.8) is 0 Å². The number of para-hydroxylation sites is 4. The molecule has 0 bridgehead atoms. The highest BCUT2D eigenvalue weighted by Gasteiger charge is 2.21. The first-order valence-corrected chi connectivity index (χ1v) is 19.7. The topological polar surface area (TPSA) is 34.5 Å². The molecule has 58 heavy (non-hydrogen) atoms. The third kappa shape index (κ3) is 5.02. The van der Waals surface area contributed by atoms with Crippen molar-refractivity contribution in [3.05, 3.63) is 206 Å². The van der Waals surface area contributed by atoms with E-state index in [0.29, 0.717) is 0 Å². The highest BCUT2D eigenvalue weighted by molar-refractivity contribution is 6.27. The third-order valence-electron chi connectivity index (χ3n) is 11.6. The minimum atomic E-state index is 0.863. The summed E-state index contributed by atoms with van der Waals surface area (Å²) in [6.07, 6.45) is 0. The Kier molecular flexibility index (Phi) is 7.20. The van der Waals surface area contributed by atoms with E-state index in [-0.39, 0.29) is 0 Å². The fourth-order valence-corrected chi connectivity index (χ4v) is 8.93. The number of rotatable bonds is 6. The quantitative estimate of drug-likeness (QED) is 0.170. The molecule has 0 N–H and O–H groups in total. The van der Waals surface area contributed by atoms with Crippen molar-refractivity contribution in [3.8, 4) is 27.9 Å². The van der Waals surface area contributed by atoms with Gasteiger partial charge in [0, 0.05) is 49.4 Å². The number of hydrogen-bond acceptors (Lipinski definition) is 3. The normalized spacial score (nSPS) is 11.8. The van der Waals surface area contributed by atoms with E-state index in [2.05, 4.69) is 191 Å². The highest BCUT2D eigenvalue weighted by atomic mass is 16.3. The Morgan fingerprint density at radius 3 is 1.59 bits per heavy atom. The van der Waals surface area contributed by atoms with Crippen LogP contribution < -0.4 is 4.90 Å². The fourth-order valence-electron chi connectivity index (χ4n) is 8.93. The SMILES string of the molecule is c1ccc(-c2ccc(N(c3ccc(-c4ccc(-n5c6ccccc6c6c7c(ccc65)oc5ccccc57)cc4)cc3)c3cccc4c3oc3ccccc34)cc2)cc1. The molecule has 0 atom stereocenters. The maximum Gasteiger partial charge on any atom is 0.159 e. The monoisotopic (exact) mass is 742 g/mol. The molecule has 0 saturated heterocycles. The molecule has 0 fully saturated rings. The van der Waals surface area contributed by atoms with Crippen LogP contribution in [-0.2, 0) is 0 Å². The lowest BCUT2D eigenvalue weighted by atomic mass is 10.0. The lowest BCUT2D eigenvalue weighted by molar-refractivity contribution is 0.669. The van der Waals surface area contributed by atoms with Crippen LogP contribution in [0, 0.1) is 0 Å². The molecule has 0 aliphatic carbocycles. The molecule has 0 aliphatic rings. The molecule has 4 heteroatoms. The lowest BCUT2D eigenvalue weighted by Gasteiger charge is -2.26. The molecule has 272 valence electrons. The Morgan fingerprint density at radius 1 is 0.328 bits per heavy atom. The summed E-state index contributed by atoms with van der Waals surface area (Å²) in [6, 6.07) is 73.1. The third-order valence-corrected chi connectivity index (χ3v) is 11.6. The minimum absolute atomic E-state index is 0.863. The summed E-state index contributed by atoms with van der Waals surface area (Å²) in [5.74, 6) is 0. The smallest absolute Gasteiger partial charge is 0.159 e. The van der Waals surface area contributed by atoms with E-state index in [4.69, 9.17) is 8.83 Å². The minimum Gasteiger partial charge on any atom is -0.456 e. The van der Waals surface area contributed by atoms with Crippen LogP contribution in [0.25, 0.3) is 93.6 Å². The summed E-state index contributed by atoms with van der Waals surface area (Å²) in [7, 11) is 0. The highest BCUT2D eigenvalue weighted by Crippen LogP contribution is 2.44. The Labute approximate surface area is 334 Å². The van der Waals surface area contributed by atoms with Gasteiger partial charge in [-0.3, -0.25) is 0 Å². The summed E-state index contributed by atoms with van der Waals surface area (Å²) in [6.45, 7) is 0. The van der Waals surface area contributed by atoms with Gasteiger partial charge in [-0.1, -0.05) is 133 Å². The van der Waals surface area contributed by atoms with Crippen molar-refractivity contribution in [2.75, 3.05) is 4.90 Å². The molecule has 0 unspecified atom stereocenters. The van der Waals surface area contributed by atoms with Crippen LogP contribution in [-0.4, -0.2) is 4.57 Å². The number of anilines is 3. The van der Waals surface area contributed by atoms with Crippen molar-refractivity contribution in [1.29, 1.82) is 0 Å². The predicted octanol–water partition coefficient (Wildman–Crippen LogP) is 15.4. The average Bonchev–Trinajstić information content (AvgIpc) is 3.97. The van der Waals surface area contributed by atoms with Gasteiger partial charge in [-0.25, -0.2) is 0 Å². The van der Waals surface area contributed by atoms with E-state index in [1.165, 1.54) is 27.4 Å². The first kappa shape index (κ1) is 32.4. The standard InChI is InChI=1S/C54H34N2O2/c1-2-11-35(12-3-1)36-21-27-39(28-22-36)55(48-18-10-16-43-42-13-5-8-19-49(42)58-54(43)48)40-29-23-37(24-30-40)38-25-31-41(32-26-38)56-46-17-7-4-14-44(46)52-47(56)33-34-51-53(52)45-15-6-9-20-50(45)57-51/h1-34H. The van der Waals surface area contributed by atoms with Gasteiger partial charge in [-0.15, -0.1) is 0 Å². The van der Waals surface area contributed by atoms with Crippen LogP contribution in [0.5, 0.6) is 0 Å². The van der Waals surface area contributed by atoms with E-state index in [1.54, 1.807) is 0 Å². The predicted molar refractivity (Wildman–Crippen MR) is 241 cm³/mol. The Morgan fingerprint density at radius 2 is 0.879 bits per heavy atom. The number of nitrogens with zero attached hydrogens (tertiary/aromatic N) is 2. The molecule has 3 heterocycles. The Balaban J connectivity index is 0.941. The van der Waals surface area contributed by atoms with Crippen LogP contribution in [0.15, 0.2) is 215 Å². The van der Waals surface area contributed by atoms with E-state index < -0.39 is 0 Å². The fraction of sp³-hybridized carbons (Fsp3) is 0. The molecule has 0 saturated carbocycles. The molecular weight excluding hydrogens is 709 g/mol. The second-order valence-electron chi connectivity index (χ2n) is 14.9. The zero-order chi connectivity index (χ0) is 38.2. The van der Waals surface area contributed by atoms with Crippen LogP contribution in [0.2, 0.25) is 0 Å². The average molecular weight is 743 g/mol. The maximum atomic E-state index is 6.58. The van der Waals surface area contributed by atoms with Crippen LogP contribution in [0.4, 0.5) is 17.1 Å². The maximum absolute atomic E-state index is 6.58. The van der Waals surface area contributed by atoms with Crippen molar-refractivity contribution in [2.24, 2.45) is 0 Å². The van der Waals surface area contributed by atoms with E-state index in [9.17, 15) is 0 Å². The molecule has 4 nitrogen and oxygen atoms in total. The summed E-state index contributed by atoms with van der Waals surface area (Å²) >= 11 is 0. The summed E-state index contributed by atoms with van der Waals surface area (Å²) in [4.78, 5) is 2.30. The molecule has 12 aromatic rings. The first-order valence-electron chi connectivity index (χ1n) is 19.7. The van der Waals surface area contributed by atoms with Gasteiger partial charge in [0.25, 0.3) is 0 Å². The van der Waals surface area contributed by atoms with Crippen LogP contribution >= 0.6 is 0 Å². The number of furan rings is 2.